The van der Waals surface area contributed by atoms with Crippen molar-refractivity contribution < 1.29 is 18.8 Å². The number of carbonyl (C=O) groups excluding carboxylic acids is 2. The van der Waals surface area contributed by atoms with Gasteiger partial charge in [-0.25, -0.2) is 4.79 Å². The number of esters is 1. The summed E-state index contributed by atoms with van der Waals surface area (Å²) >= 11 is 0. The average molecular weight is 347 g/mol. The van der Waals surface area contributed by atoms with Crippen LogP contribution in [0.1, 0.15) is 56.0 Å². The van der Waals surface area contributed by atoms with Crippen molar-refractivity contribution in [1.29, 1.82) is 0 Å². The number of nitrogens with one attached hydrogen (secondary N) is 1. The van der Waals surface area contributed by atoms with Crippen LogP contribution in [-0.2, 0) is 9.53 Å². The van der Waals surface area contributed by atoms with Crippen molar-refractivity contribution in [2.24, 2.45) is 0 Å². The maximum absolute atomic E-state index is 13.4. The molecular formula is C20H31N2O3+. The van der Waals surface area contributed by atoms with Gasteiger partial charge < -0.3 is 14.5 Å². The van der Waals surface area contributed by atoms with E-state index in [0.29, 0.717) is 11.3 Å². The highest BCUT2D eigenvalue weighted by molar-refractivity contribution is 6.05. The number of carbonyl (C=O) groups is 2. The van der Waals surface area contributed by atoms with Gasteiger partial charge in [0, 0.05) is 12.8 Å². The van der Waals surface area contributed by atoms with Gasteiger partial charge in [0.1, 0.15) is 0 Å². The van der Waals surface area contributed by atoms with Gasteiger partial charge in [0.2, 0.25) is 0 Å². The highest BCUT2D eigenvalue weighted by Crippen LogP contribution is 2.44. The summed E-state index contributed by atoms with van der Waals surface area (Å²) in [5.74, 6) is -0.396. The maximum Gasteiger partial charge on any atom is 0.339 e. The van der Waals surface area contributed by atoms with Crippen LogP contribution in [0.5, 0.6) is 0 Å². The number of hydrogen-bond donors (Lipinski definition) is 1. The first-order valence-corrected chi connectivity index (χ1v) is 9.27. The number of likely N-dealkylation sites (N-methyl/N-ethyl adjacent to an activating group) is 1. The third-order valence-electron chi connectivity index (χ3n) is 6.24. The van der Waals surface area contributed by atoms with E-state index in [1.807, 2.05) is 13.0 Å². The number of ether oxygens (including phenoxy) is 1. The summed E-state index contributed by atoms with van der Waals surface area (Å²) in [5, 5.41) is 3.09. The molecule has 0 saturated heterocycles. The summed E-state index contributed by atoms with van der Waals surface area (Å²) in [6, 6.07) is 5.40. The molecule has 0 spiro atoms. The van der Waals surface area contributed by atoms with E-state index in [0.717, 1.165) is 48.9 Å². The minimum Gasteiger partial charge on any atom is -0.465 e. The van der Waals surface area contributed by atoms with Gasteiger partial charge in [-0.05, 0) is 45.7 Å². The van der Waals surface area contributed by atoms with E-state index < -0.39 is 11.5 Å². The summed E-state index contributed by atoms with van der Waals surface area (Å²) < 4.78 is 5.67. The maximum atomic E-state index is 13.4. The Hall–Kier alpha value is -1.88. The summed E-state index contributed by atoms with van der Waals surface area (Å²) in [6.45, 7) is 11.2. The SMILES string of the molecule is CC[N+](CC)(CC)C1(C(=O)Nc2c(C)cccc2C(=O)OC)CCC1. The molecule has 1 amide bonds. The van der Waals surface area contributed by atoms with Gasteiger partial charge in [-0.15, -0.1) is 0 Å². The zero-order valence-corrected chi connectivity index (χ0v) is 16.1. The number of amides is 1. The van der Waals surface area contributed by atoms with Gasteiger partial charge in [-0.2, -0.15) is 0 Å². The van der Waals surface area contributed by atoms with Crippen molar-refractivity contribution in [2.75, 3.05) is 32.1 Å². The number of para-hydroxylation sites is 1. The van der Waals surface area contributed by atoms with Gasteiger partial charge in [-0.3, -0.25) is 4.79 Å². The molecule has 0 aliphatic heterocycles. The highest BCUT2D eigenvalue weighted by Gasteiger charge is 2.58. The van der Waals surface area contributed by atoms with Crippen molar-refractivity contribution >= 4 is 17.6 Å². The third kappa shape index (κ3) is 3.06. The van der Waals surface area contributed by atoms with Crippen LogP contribution in [-0.4, -0.2) is 48.6 Å². The molecule has 5 nitrogen and oxygen atoms in total. The first-order chi connectivity index (χ1) is 11.9. The van der Waals surface area contributed by atoms with E-state index in [9.17, 15) is 9.59 Å². The number of benzene rings is 1. The van der Waals surface area contributed by atoms with E-state index in [2.05, 4.69) is 26.1 Å². The lowest BCUT2D eigenvalue weighted by Gasteiger charge is -2.55. The molecule has 25 heavy (non-hydrogen) atoms. The molecule has 1 N–H and O–H groups in total. The first kappa shape index (κ1) is 19.4. The Morgan fingerprint density at radius 3 is 2.20 bits per heavy atom. The van der Waals surface area contributed by atoms with E-state index in [4.69, 9.17) is 4.74 Å². The van der Waals surface area contributed by atoms with Crippen LogP contribution in [0, 0.1) is 6.92 Å². The van der Waals surface area contributed by atoms with Gasteiger partial charge >= 0.3 is 5.97 Å². The lowest BCUT2D eigenvalue weighted by molar-refractivity contribution is -0.967. The molecule has 0 aromatic heterocycles. The van der Waals surface area contributed by atoms with E-state index in [1.54, 1.807) is 12.1 Å². The fourth-order valence-corrected chi connectivity index (χ4v) is 4.35. The standard InChI is InChI=1S/C20H30N2O3/c1-6-22(7-2,8-3)20(13-10-14-20)19(24)21-17-15(4)11-9-12-16(17)18(23)25-5/h9,11-12H,6-8,10,13-14H2,1-5H3/p+1. The van der Waals surface area contributed by atoms with Crippen molar-refractivity contribution in [2.45, 2.75) is 52.5 Å². The summed E-state index contributed by atoms with van der Waals surface area (Å²) in [4.78, 5) is 25.5. The highest BCUT2D eigenvalue weighted by atomic mass is 16.5. The molecule has 1 aromatic rings. The molecular weight excluding hydrogens is 316 g/mol. The molecule has 1 aliphatic carbocycles. The molecule has 1 fully saturated rings. The van der Waals surface area contributed by atoms with Crippen LogP contribution in [0.2, 0.25) is 0 Å². The molecule has 0 heterocycles. The second-order valence-electron chi connectivity index (χ2n) is 6.92. The molecule has 0 atom stereocenters. The quantitative estimate of drug-likeness (QED) is 0.606. The van der Waals surface area contributed by atoms with Crippen LogP contribution in [0.3, 0.4) is 0 Å². The van der Waals surface area contributed by atoms with E-state index in [-0.39, 0.29) is 5.91 Å². The van der Waals surface area contributed by atoms with Crippen molar-refractivity contribution in [3.63, 3.8) is 0 Å². The number of methoxy groups -OCH3 is 1. The molecule has 0 radical (unpaired) electrons. The van der Waals surface area contributed by atoms with Gasteiger partial charge in [-0.1, -0.05) is 12.1 Å². The van der Waals surface area contributed by atoms with Crippen molar-refractivity contribution in [1.82, 2.24) is 0 Å². The number of aryl methyl sites for hydroxylation is 1. The molecule has 1 saturated carbocycles. The average Bonchev–Trinajstić information content (AvgIpc) is 2.59. The molecule has 5 heteroatoms. The zero-order valence-electron chi connectivity index (χ0n) is 16.1. The van der Waals surface area contributed by atoms with Crippen LogP contribution < -0.4 is 5.32 Å². The monoisotopic (exact) mass is 347 g/mol. The fourth-order valence-electron chi connectivity index (χ4n) is 4.35. The minimum atomic E-state index is -0.427. The largest absolute Gasteiger partial charge is 0.465 e. The molecule has 1 aliphatic rings. The molecule has 138 valence electrons. The first-order valence-electron chi connectivity index (χ1n) is 9.27. The second kappa shape index (κ2) is 7.56. The van der Waals surface area contributed by atoms with E-state index >= 15 is 0 Å². The predicted octanol–water partition coefficient (Wildman–Crippen LogP) is 3.52. The van der Waals surface area contributed by atoms with E-state index in [1.165, 1.54) is 7.11 Å². The Balaban J connectivity index is 2.41. The van der Waals surface area contributed by atoms with Crippen LogP contribution >= 0.6 is 0 Å². The Bertz CT molecular complexity index is 638. The molecule has 0 bridgehead atoms. The molecule has 0 unspecified atom stereocenters. The molecule has 1 aromatic carbocycles. The Morgan fingerprint density at radius 2 is 1.76 bits per heavy atom. The normalized spacial score (nSPS) is 16.0. The second-order valence-corrected chi connectivity index (χ2v) is 6.92. The van der Waals surface area contributed by atoms with Crippen LogP contribution in [0.25, 0.3) is 0 Å². The fraction of sp³-hybridized carbons (Fsp3) is 0.600. The van der Waals surface area contributed by atoms with Crippen molar-refractivity contribution in [3.8, 4) is 0 Å². The lowest BCUT2D eigenvalue weighted by atomic mass is 9.72. The zero-order chi connectivity index (χ0) is 18.7. The Kier molecular flexibility index (Phi) is 5.88. The number of nitrogens with zero attached hydrogens (tertiary/aromatic N) is 1. The summed E-state index contributed by atoms with van der Waals surface area (Å²) in [6.07, 6.45) is 2.87. The van der Waals surface area contributed by atoms with Gasteiger partial charge in [0.05, 0.1) is 38.0 Å². The smallest absolute Gasteiger partial charge is 0.339 e. The van der Waals surface area contributed by atoms with Gasteiger partial charge in [0.25, 0.3) is 5.91 Å². The Morgan fingerprint density at radius 1 is 1.16 bits per heavy atom. The number of rotatable bonds is 7. The Labute approximate surface area is 150 Å². The summed E-state index contributed by atoms with van der Waals surface area (Å²) in [7, 11) is 1.36. The topological polar surface area (TPSA) is 55.4 Å². The lowest BCUT2D eigenvalue weighted by Crippen LogP contribution is -2.72. The molecule has 2 rings (SSSR count). The number of anilines is 1. The van der Waals surface area contributed by atoms with Crippen molar-refractivity contribution in [3.05, 3.63) is 29.3 Å². The van der Waals surface area contributed by atoms with Gasteiger partial charge in [0.15, 0.2) is 5.54 Å². The van der Waals surface area contributed by atoms with Crippen LogP contribution in [0.15, 0.2) is 18.2 Å². The summed E-state index contributed by atoms with van der Waals surface area (Å²) in [5.41, 5.74) is 1.46. The minimum absolute atomic E-state index is 0.0313. The third-order valence-corrected chi connectivity index (χ3v) is 6.24. The number of hydrogen-bond acceptors (Lipinski definition) is 3. The predicted molar refractivity (Wildman–Crippen MR) is 99.6 cm³/mol. The number of quaternary nitrogens is 1. The van der Waals surface area contributed by atoms with Crippen LogP contribution in [0.4, 0.5) is 5.69 Å².